The van der Waals surface area contributed by atoms with Crippen molar-refractivity contribution < 1.29 is 28.6 Å². The maximum absolute atomic E-state index is 12.9. The Morgan fingerprint density at radius 2 is 0.541 bits per heavy atom. The fourth-order valence-corrected chi connectivity index (χ4v) is 8.60. The summed E-state index contributed by atoms with van der Waals surface area (Å²) in [5, 5.41) is 0. The van der Waals surface area contributed by atoms with E-state index in [1.165, 1.54) is 128 Å². The third-order valence-electron chi connectivity index (χ3n) is 13.3. The van der Waals surface area contributed by atoms with E-state index in [4.69, 9.17) is 14.2 Å². The lowest BCUT2D eigenvalue weighted by molar-refractivity contribution is -0.167. The topological polar surface area (TPSA) is 78.9 Å². The van der Waals surface area contributed by atoms with E-state index in [1.54, 1.807) is 0 Å². The first-order chi connectivity index (χ1) is 36.5. The first kappa shape index (κ1) is 70.3. The Hall–Kier alpha value is -3.67. The van der Waals surface area contributed by atoms with Gasteiger partial charge in [-0.1, -0.05) is 259 Å². The number of rotatable bonds is 56. The molecule has 0 bridgehead atoms. The van der Waals surface area contributed by atoms with Crippen molar-refractivity contribution in [2.75, 3.05) is 13.2 Å². The highest BCUT2D eigenvalue weighted by atomic mass is 16.6. The Kier molecular flexibility index (Phi) is 58.8. The summed E-state index contributed by atoms with van der Waals surface area (Å²) in [7, 11) is 0. The quantitative estimate of drug-likeness (QED) is 0.0261. The minimum atomic E-state index is -0.790. The molecule has 424 valence electrons. The Bertz CT molecular complexity index is 1460. The molecule has 0 N–H and O–H groups in total. The number of carbonyl (C=O) groups is 3. The first-order valence-electron chi connectivity index (χ1n) is 31.2. The van der Waals surface area contributed by atoms with Gasteiger partial charge in [0.05, 0.1) is 0 Å². The van der Waals surface area contributed by atoms with Gasteiger partial charge in [-0.15, -0.1) is 0 Å². The second-order valence-corrected chi connectivity index (χ2v) is 20.6. The normalized spacial score (nSPS) is 12.7. The fraction of sp³-hybridized carbons (Fsp3) is 0.721. The molecule has 6 nitrogen and oxygen atoms in total. The van der Waals surface area contributed by atoms with E-state index < -0.39 is 6.10 Å². The van der Waals surface area contributed by atoms with E-state index in [1.807, 2.05) is 0 Å². The molecule has 6 heteroatoms. The number of unbranched alkanes of at least 4 members (excludes halogenated alkanes) is 29. The summed E-state index contributed by atoms with van der Waals surface area (Å²) >= 11 is 0. The fourth-order valence-electron chi connectivity index (χ4n) is 8.60. The molecule has 0 aromatic rings. The summed E-state index contributed by atoms with van der Waals surface area (Å²) in [6, 6.07) is 0. The van der Waals surface area contributed by atoms with E-state index in [2.05, 4.69) is 118 Å². The van der Waals surface area contributed by atoms with E-state index >= 15 is 0 Å². The van der Waals surface area contributed by atoms with Crippen molar-refractivity contribution in [2.45, 2.75) is 303 Å². The van der Waals surface area contributed by atoms with E-state index in [-0.39, 0.29) is 31.1 Å². The number of hydrogen-bond acceptors (Lipinski definition) is 6. The molecule has 74 heavy (non-hydrogen) atoms. The Morgan fingerprint density at radius 3 is 0.878 bits per heavy atom. The molecule has 0 heterocycles. The van der Waals surface area contributed by atoms with Crippen LogP contribution in [0.1, 0.15) is 297 Å². The van der Waals surface area contributed by atoms with Gasteiger partial charge in [-0.2, -0.15) is 0 Å². The molecular weight excluding hydrogens is 913 g/mol. The van der Waals surface area contributed by atoms with Gasteiger partial charge in [-0.25, -0.2) is 0 Å². The average Bonchev–Trinajstić information content (AvgIpc) is 3.40. The monoisotopic (exact) mass is 1030 g/mol. The molecule has 0 spiro atoms. The van der Waals surface area contributed by atoms with Crippen LogP contribution in [-0.2, 0) is 28.6 Å². The molecule has 0 saturated carbocycles. The minimum Gasteiger partial charge on any atom is -0.462 e. The standard InChI is InChI=1S/C68H116O6/c1-4-7-10-13-16-19-22-25-28-29-30-31-32-33-34-35-36-37-38-39-41-43-46-49-52-55-58-61-67(70)73-64-65(63-72-66(69)60-57-54-51-48-45-42-27-24-21-18-15-12-9-6-3)74-68(71)62-59-56-53-50-47-44-40-26-23-20-17-14-11-8-5-2/h7,10,15-16,18-19,24-28,30-31,33-34,40,65H,4-6,8-9,11-14,17,20-23,29,32,35-39,41-64H2,1-3H3/b10-7-,18-15-,19-16-,27-24-,28-25-,31-30-,34-33-,40-26-. The van der Waals surface area contributed by atoms with Gasteiger partial charge >= 0.3 is 17.9 Å². The zero-order valence-electron chi connectivity index (χ0n) is 48.6. The number of esters is 3. The highest BCUT2D eigenvalue weighted by Gasteiger charge is 2.19. The van der Waals surface area contributed by atoms with Crippen molar-refractivity contribution >= 4 is 17.9 Å². The third kappa shape index (κ3) is 59.2. The highest BCUT2D eigenvalue weighted by molar-refractivity contribution is 5.71. The van der Waals surface area contributed by atoms with Crippen molar-refractivity contribution in [3.8, 4) is 0 Å². The summed E-state index contributed by atoms with van der Waals surface area (Å²) in [5.74, 6) is -0.904. The van der Waals surface area contributed by atoms with E-state index in [0.29, 0.717) is 19.3 Å². The molecule has 0 fully saturated rings. The molecule has 0 saturated heterocycles. The number of hydrogen-bond donors (Lipinski definition) is 0. The second-order valence-electron chi connectivity index (χ2n) is 20.6. The Morgan fingerprint density at radius 1 is 0.284 bits per heavy atom. The van der Waals surface area contributed by atoms with Crippen LogP contribution in [-0.4, -0.2) is 37.2 Å². The predicted octanol–water partition coefficient (Wildman–Crippen LogP) is 21.3. The van der Waals surface area contributed by atoms with Crippen LogP contribution in [0.15, 0.2) is 97.2 Å². The smallest absolute Gasteiger partial charge is 0.306 e. The van der Waals surface area contributed by atoms with Crippen molar-refractivity contribution in [3.63, 3.8) is 0 Å². The van der Waals surface area contributed by atoms with Crippen LogP contribution < -0.4 is 0 Å². The van der Waals surface area contributed by atoms with Crippen molar-refractivity contribution in [1.29, 1.82) is 0 Å². The molecular formula is C68H116O6. The van der Waals surface area contributed by atoms with Gasteiger partial charge < -0.3 is 14.2 Å². The SMILES string of the molecule is CC/C=C\C/C=C\C/C=C\C/C=C\C/C=C\CCCCCCCCCCCCCC(=O)OCC(COC(=O)CCCCCCC/C=C\C/C=C\CCCC)OC(=O)CCCCCCC/C=C\CCCCCCCC. The zero-order chi connectivity index (χ0) is 53.6. The van der Waals surface area contributed by atoms with E-state index in [0.717, 1.165) is 128 Å². The van der Waals surface area contributed by atoms with Crippen LogP contribution in [0.25, 0.3) is 0 Å². The molecule has 0 amide bonds. The molecule has 0 aromatic carbocycles. The number of allylic oxidation sites excluding steroid dienone is 16. The van der Waals surface area contributed by atoms with Gasteiger partial charge in [-0.3, -0.25) is 14.4 Å². The Balaban J connectivity index is 4.31. The van der Waals surface area contributed by atoms with Crippen LogP contribution in [0.2, 0.25) is 0 Å². The molecule has 0 aromatic heterocycles. The molecule has 1 atom stereocenters. The first-order valence-corrected chi connectivity index (χ1v) is 31.2. The van der Waals surface area contributed by atoms with Crippen LogP contribution in [0.5, 0.6) is 0 Å². The van der Waals surface area contributed by atoms with Gasteiger partial charge in [0.2, 0.25) is 0 Å². The minimum absolute atomic E-state index is 0.0861. The van der Waals surface area contributed by atoms with Crippen LogP contribution in [0.3, 0.4) is 0 Å². The lowest BCUT2D eigenvalue weighted by atomic mass is 10.0. The molecule has 0 radical (unpaired) electrons. The zero-order valence-corrected chi connectivity index (χ0v) is 48.6. The number of ether oxygens (including phenoxy) is 3. The summed E-state index contributed by atoms with van der Waals surface area (Å²) in [5.41, 5.74) is 0. The van der Waals surface area contributed by atoms with Crippen molar-refractivity contribution in [1.82, 2.24) is 0 Å². The lowest BCUT2D eigenvalue weighted by Crippen LogP contribution is -2.30. The number of carbonyl (C=O) groups excluding carboxylic acids is 3. The summed E-state index contributed by atoms with van der Waals surface area (Å²) in [4.78, 5) is 38.2. The summed E-state index contributed by atoms with van der Waals surface area (Å²) in [6.45, 7) is 6.48. The highest BCUT2D eigenvalue weighted by Crippen LogP contribution is 2.15. The molecule has 0 aliphatic carbocycles. The maximum atomic E-state index is 12.9. The second kappa shape index (κ2) is 61.9. The Labute approximate surface area is 457 Å². The molecule has 1 unspecified atom stereocenters. The largest absolute Gasteiger partial charge is 0.462 e. The van der Waals surface area contributed by atoms with Gasteiger partial charge in [0, 0.05) is 19.3 Å². The lowest BCUT2D eigenvalue weighted by Gasteiger charge is -2.18. The summed E-state index contributed by atoms with van der Waals surface area (Å²) in [6.07, 6.45) is 82.6. The molecule has 0 aliphatic rings. The van der Waals surface area contributed by atoms with Crippen molar-refractivity contribution in [3.05, 3.63) is 97.2 Å². The van der Waals surface area contributed by atoms with Gasteiger partial charge in [0.25, 0.3) is 0 Å². The third-order valence-corrected chi connectivity index (χ3v) is 13.3. The van der Waals surface area contributed by atoms with Gasteiger partial charge in [0.1, 0.15) is 13.2 Å². The van der Waals surface area contributed by atoms with Crippen LogP contribution in [0, 0.1) is 0 Å². The van der Waals surface area contributed by atoms with E-state index in [9.17, 15) is 14.4 Å². The predicted molar refractivity (Wildman–Crippen MR) is 320 cm³/mol. The molecule has 0 rings (SSSR count). The van der Waals surface area contributed by atoms with Crippen molar-refractivity contribution in [2.24, 2.45) is 0 Å². The van der Waals surface area contributed by atoms with Gasteiger partial charge in [-0.05, 0) is 116 Å². The van der Waals surface area contributed by atoms with Crippen LogP contribution in [0.4, 0.5) is 0 Å². The average molecular weight is 1030 g/mol. The summed E-state index contributed by atoms with van der Waals surface area (Å²) < 4.78 is 16.9. The van der Waals surface area contributed by atoms with Crippen LogP contribution >= 0.6 is 0 Å². The van der Waals surface area contributed by atoms with Gasteiger partial charge in [0.15, 0.2) is 6.10 Å². The maximum Gasteiger partial charge on any atom is 0.306 e. The molecule has 0 aliphatic heterocycles.